The Morgan fingerprint density at radius 2 is 2.06 bits per heavy atom. The number of carbonyl (C=O) groups is 1. The van der Waals surface area contributed by atoms with E-state index < -0.39 is 23.6 Å². The molecule has 0 aromatic heterocycles. The number of nitrogens with zero attached hydrogens (tertiary/aromatic N) is 1. The van der Waals surface area contributed by atoms with Crippen LogP contribution in [0.25, 0.3) is 0 Å². The molecule has 2 aliphatic rings. The van der Waals surface area contributed by atoms with E-state index in [-0.39, 0.29) is 32.6 Å². The molecule has 2 N–H and O–H groups in total. The molecule has 7 heteroatoms. The monoisotopic (exact) mass is 238 g/mol. The van der Waals surface area contributed by atoms with Gasteiger partial charge in [0.15, 0.2) is 5.41 Å². The average Bonchev–Trinajstić information content (AvgIpc) is 2.60. The summed E-state index contributed by atoms with van der Waals surface area (Å²) in [5.41, 5.74) is -2.28. The van der Waals surface area contributed by atoms with E-state index in [2.05, 4.69) is 5.32 Å². The number of hydrogen-bond donors (Lipinski definition) is 2. The van der Waals surface area contributed by atoms with Crippen molar-refractivity contribution in [3.05, 3.63) is 0 Å². The Hall–Kier alpha value is -0.820. The van der Waals surface area contributed by atoms with Gasteiger partial charge in [0.1, 0.15) is 0 Å². The van der Waals surface area contributed by atoms with Gasteiger partial charge in [-0.15, -0.1) is 0 Å². The molecule has 2 fully saturated rings. The number of carbonyl (C=O) groups excluding carboxylic acids is 1. The first-order valence-corrected chi connectivity index (χ1v) is 5.12. The predicted molar refractivity (Wildman–Crippen MR) is 48.6 cm³/mol. The molecule has 0 bridgehead atoms. The van der Waals surface area contributed by atoms with Crippen LogP contribution in [-0.2, 0) is 4.79 Å². The summed E-state index contributed by atoms with van der Waals surface area (Å²) in [6.07, 6.45) is -5.43. The number of alkyl halides is 3. The zero-order valence-corrected chi connectivity index (χ0v) is 8.55. The highest BCUT2D eigenvalue weighted by Crippen LogP contribution is 2.44. The Kier molecular flexibility index (Phi) is 2.62. The molecule has 0 spiro atoms. The fourth-order valence-electron chi connectivity index (χ4n) is 2.16. The van der Waals surface area contributed by atoms with Crippen molar-refractivity contribution in [2.75, 3.05) is 26.2 Å². The van der Waals surface area contributed by atoms with Gasteiger partial charge in [0.25, 0.3) is 0 Å². The molecule has 2 aliphatic heterocycles. The number of aliphatic hydroxyl groups is 1. The zero-order chi connectivity index (χ0) is 12.0. The van der Waals surface area contributed by atoms with Crippen LogP contribution in [-0.4, -0.2) is 54.4 Å². The maximum absolute atomic E-state index is 12.9. The number of nitrogens with one attached hydrogen (secondary N) is 1. The highest BCUT2D eigenvalue weighted by atomic mass is 19.4. The fraction of sp³-hybridized carbons (Fsp3) is 0.889. The third-order valence-corrected chi connectivity index (χ3v) is 3.26. The first-order valence-electron chi connectivity index (χ1n) is 5.12. The van der Waals surface area contributed by atoms with E-state index in [0.29, 0.717) is 0 Å². The van der Waals surface area contributed by atoms with Crippen LogP contribution < -0.4 is 5.32 Å². The lowest BCUT2D eigenvalue weighted by molar-refractivity contribution is -0.225. The molecular weight excluding hydrogens is 225 g/mol. The van der Waals surface area contributed by atoms with Crippen LogP contribution in [0.4, 0.5) is 13.2 Å². The number of aliphatic hydroxyl groups excluding tert-OH is 1. The Morgan fingerprint density at radius 3 is 2.44 bits per heavy atom. The van der Waals surface area contributed by atoms with E-state index in [1.807, 2.05) is 0 Å². The summed E-state index contributed by atoms with van der Waals surface area (Å²) >= 11 is 0. The van der Waals surface area contributed by atoms with Crippen LogP contribution in [0, 0.1) is 5.41 Å². The van der Waals surface area contributed by atoms with Crippen molar-refractivity contribution in [3.8, 4) is 0 Å². The minimum Gasteiger partial charge on any atom is -0.389 e. The highest BCUT2D eigenvalue weighted by molar-refractivity contribution is 5.85. The van der Waals surface area contributed by atoms with Crippen LogP contribution in [0.2, 0.25) is 0 Å². The van der Waals surface area contributed by atoms with Gasteiger partial charge >= 0.3 is 6.18 Å². The van der Waals surface area contributed by atoms with E-state index >= 15 is 0 Å². The number of rotatable bonds is 1. The van der Waals surface area contributed by atoms with E-state index in [1.54, 1.807) is 0 Å². The van der Waals surface area contributed by atoms with Gasteiger partial charge in [-0.25, -0.2) is 0 Å². The van der Waals surface area contributed by atoms with Crippen molar-refractivity contribution in [2.24, 2.45) is 5.41 Å². The second-order valence-electron chi connectivity index (χ2n) is 4.37. The smallest absolute Gasteiger partial charge is 0.389 e. The maximum atomic E-state index is 12.9. The summed E-state index contributed by atoms with van der Waals surface area (Å²) in [5.74, 6) is -0.907. The first-order chi connectivity index (χ1) is 7.37. The molecule has 0 aliphatic carbocycles. The molecule has 0 aromatic rings. The fourth-order valence-corrected chi connectivity index (χ4v) is 2.16. The molecule has 2 rings (SSSR count). The molecule has 2 heterocycles. The lowest BCUT2D eigenvalue weighted by Gasteiger charge is -2.42. The van der Waals surface area contributed by atoms with Gasteiger partial charge in [-0.05, 0) is 13.0 Å². The van der Waals surface area contributed by atoms with Gasteiger partial charge in [-0.1, -0.05) is 0 Å². The Balaban J connectivity index is 2.17. The Morgan fingerprint density at radius 1 is 1.44 bits per heavy atom. The number of amides is 1. The summed E-state index contributed by atoms with van der Waals surface area (Å²) in [6, 6.07) is 0. The Labute approximate surface area is 90.4 Å². The van der Waals surface area contributed by atoms with Crippen LogP contribution in [0.5, 0.6) is 0 Å². The molecule has 4 nitrogen and oxygen atoms in total. The van der Waals surface area contributed by atoms with Gasteiger partial charge in [-0.3, -0.25) is 4.79 Å². The third kappa shape index (κ3) is 1.58. The highest BCUT2D eigenvalue weighted by Gasteiger charge is 2.63. The van der Waals surface area contributed by atoms with E-state index in [4.69, 9.17) is 5.11 Å². The standard InChI is InChI=1S/C9H13F3N2O2/c10-9(11,12)8(1-2-13-5-8)7(16)14-3-6(15)4-14/h6,13,15H,1-5H2. The van der Waals surface area contributed by atoms with E-state index in [9.17, 15) is 18.0 Å². The molecule has 0 saturated carbocycles. The van der Waals surface area contributed by atoms with Crippen molar-refractivity contribution in [2.45, 2.75) is 18.7 Å². The predicted octanol–water partition coefficient (Wildman–Crippen LogP) is -0.269. The van der Waals surface area contributed by atoms with Crippen LogP contribution in [0.3, 0.4) is 0 Å². The molecule has 16 heavy (non-hydrogen) atoms. The molecule has 1 amide bonds. The van der Waals surface area contributed by atoms with Crippen LogP contribution in [0.15, 0.2) is 0 Å². The molecule has 0 aromatic carbocycles. The van der Waals surface area contributed by atoms with Crippen molar-refractivity contribution < 1.29 is 23.1 Å². The minimum absolute atomic E-state index is 0.0106. The second-order valence-corrected chi connectivity index (χ2v) is 4.37. The quantitative estimate of drug-likeness (QED) is 0.661. The number of hydrogen-bond acceptors (Lipinski definition) is 3. The van der Waals surface area contributed by atoms with Crippen LogP contribution >= 0.6 is 0 Å². The number of halogens is 3. The third-order valence-electron chi connectivity index (χ3n) is 3.26. The molecular formula is C9H13F3N2O2. The van der Waals surface area contributed by atoms with Gasteiger partial charge in [0.05, 0.1) is 6.10 Å². The molecule has 2 saturated heterocycles. The van der Waals surface area contributed by atoms with Crippen molar-refractivity contribution in [1.29, 1.82) is 0 Å². The largest absolute Gasteiger partial charge is 0.404 e. The average molecular weight is 238 g/mol. The molecule has 0 radical (unpaired) electrons. The molecule has 1 unspecified atom stereocenters. The summed E-state index contributed by atoms with van der Waals surface area (Å²) in [6.45, 7) is -0.142. The lowest BCUT2D eigenvalue weighted by Crippen LogP contribution is -2.61. The van der Waals surface area contributed by atoms with Crippen molar-refractivity contribution in [1.82, 2.24) is 10.2 Å². The van der Waals surface area contributed by atoms with Gasteiger partial charge in [0, 0.05) is 19.6 Å². The van der Waals surface area contributed by atoms with Gasteiger partial charge in [-0.2, -0.15) is 13.2 Å². The van der Waals surface area contributed by atoms with Crippen molar-refractivity contribution >= 4 is 5.91 Å². The van der Waals surface area contributed by atoms with E-state index in [1.165, 1.54) is 0 Å². The first kappa shape index (κ1) is 11.7. The van der Waals surface area contributed by atoms with Crippen molar-refractivity contribution in [3.63, 3.8) is 0 Å². The van der Waals surface area contributed by atoms with Gasteiger partial charge < -0.3 is 15.3 Å². The summed E-state index contributed by atoms with van der Waals surface area (Å²) in [4.78, 5) is 12.9. The summed E-state index contributed by atoms with van der Waals surface area (Å²) < 4.78 is 38.8. The summed E-state index contributed by atoms with van der Waals surface area (Å²) in [5, 5.41) is 11.6. The topological polar surface area (TPSA) is 52.6 Å². The van der Waals surface area contributed by atoms with Crippen LogP contribution in [0.1, 0.15) is 6.42 Å². The zero-order valence-electron chi connectivity index (χ0n) is 8.55. The summed E-state index contributed by atoms with van der Waals surface area (Å²) in [7, 11) is 0. The number of likely N-dealkylation sites (tertiary alicyclic amines) is 1. The molecule has 1 atom stereocenters. The van der Waals surface area contributed by atoms with Gasteiger partial charge in [0.2, 0.25) is 5.91 Å². The second kappa shape index (κ2) is 3.59. The maximum Gasteiger partial charge on any atom is 0.404 e. The lowest BCUT2D eigenvalue weighted by atomic mass is 9.83. The molecule has 92 valence electrons. The normalized spacial score (nSPS) is 31.6. The minimum atomic E-state index is -4.53. The van der Waals surface area contributed by atoms with E-state index in [0.717, 1.165) is 4.90 Å². The SMILES string of the molecule is O=C(N1CC(O)C1)C1(C(F)(F)F)CCNC1. The number of β-amino-alcohol motifs (C(OH)–C–C–N with tert-alkyl or cyclic N) is 1. The Bertz CT molecular complexity index is 294.